The van der Waals surface area contributed by atoms with E-state index < -0.39 is 15.8 Å². The number of sulfonamides is 1. The Morgan fingerprint density at radius 2 is 1.69 bits per heavy atom. The van der Waals surface area contributed by atoms with E-state index in [0.717, 1.165) is 0 Å². The van der Waals surface area contributed by atoms with Crippen LogP contribution in [0.25, 0.3) is 0 Å². The molecule has 0 aliphatic carbocycles. The molecule has 2 aromatic carbocycles. The molecule has 0 amide bonds. The predicted octanol–water partition coefficient (Wildman–Crippen LogP) is 4.28. The number of hydrogen-bond acceptors (Lipinski definition) is 5. The molecule has 0 aliphatic heterocycles. The van der Waals surface area contributed by atoms with Crippen LogP contribution in [-0.4, -0.2) is 25.0 Å². The maximum absolute atomic E-state index is 13.0. The third-order valence-electron chi connectivity index (χ3n) is 4.29. The second-order valence-electron chi connectivity index (χ2n) is 6.34. The van der Waals surface area contributed by atoms with Gasteiger partial charge in [0, 0.05) is 33.6 Å². The fourth-order valence-electron chi connectivity index (χ4n) is 2.74. The smallest absolute Gasteiger partial charge is 0.261 e. The largest absolute Gasteiger partial charge is 0.295 e. The van der Waals surface area contributed by atoms with Crippen LogP contribution in [0.15, 0.2) is 65.7 Å². The second-order valence-corrected chi connectivity index (χ2v) is 8.46. The average Bonchev–Trinajstić information content (AvgIpc) is 2.69. The van der Waals surface area contributed by atoms with Gasteiger partial charge in [-0.05, 0) is 56.3 Å². The standard InChI is InChI=1S/C21H17ClN2O4S/c1-13-18(4-3-11-23-13)21(26)19-12-16(22)7-10-20(19)24-29(27,28)17-8-5-15(6-9-17)14(2)25/h3-12,24H,1-2H3. The Bertz CT molecular complexity index is 1210. The number of nitrogens with one attached hydrogen (secondary N) is 1. The van der Waals surface area contributed by atoms with Crippen LogP contribution >= 0.6 is 11.6 Å². The van der Waals surface area contributed by atoms with Crippen LogP contribution in [0.4, 0.5) is 5.69 Å². The lowest BCUT2D eigenvalue weighted by Crippen LogP contribution is -2.16. The topological polar surface area (TPSA) is 93.2 Å². The molecule has 0 aliphatic rings. The number of rotatable bonds is 6. The molecule has 148 valence electrons. The summed E-state index contributed by atoms with van der Waals surface area (Å²) < 4.78 is 28.0. The zero-order chi connectivity index (χ0) is 21.2. The summed E-state index contributed by atoms with van der Waals surface area (Å²) in [4.78, 5) is 28.5. The van der Waals surface area contributed by atoms with E-state index in [-0.39, 0.29) is 21.9 Å². The fourth-order valence-corrected chi connectivity index (χ4v) is 3.99. The highest BCUT2D eigenvalue weighted by atomic mass is 35.5. The van der Waals surface area contributed by atoms with Crippen LogP contribution in [0.3, 0.4) is 0 Å². The Morgan fingerprint density at radius 3 is 2.31 bits per heavy atom. The van der Waals surface area contributed by atoms with E-state index in [1.54, 1.807) is 25.3 Å². The number of aryl methyl sites for hydroxylation is 1. The number of carbonyl (C=O) groups excluding carboxylic acids is 2. The van der Waals surface area contributed by atoms with Gasteiger partial charge in [-0.15, -0.1) is 0 Å². The third kappa shape index (κ3) is 4.52. The summed E-state index contributed by atoms with van der Waals surface area (Å²) in [5, 5.41) is 0.295. The molecule has 1 aromatic heterocycles. The van der Waals surface area contributed by atoms with Crippen molar-refractivity contribution in [1.82, 2.24) is 4.98 Å². The number of anilines is 1. The van der Waals surface area contributed by atoms with Crippen molar-refractivity contribution in [2.24, 2.45) is 0 Å². The van der Waals surface area contributed by atoms with Crippen molar-refractivity contribution in [3.8, 4) is 0 Å². The van der Waals surface area contributed by atoms with Gasteiger partial charge in [0.2, 0.25) is 0 Å². The zero-order valence-electron chi connectivity index (χ0n) is 15.6. The number of benzene rings is 2. The number of ketones is 2. The van der Waals surface area contributed by atoms with E-state index >= 15 is 0 Å². The van der Waals surface area contributed by atoms with Gasteiger partial charge in [-0.3, -0.25) is 19.3 Å². The van der Waals surface area contributed by atoms with Gasteiger partial charge in [0.05, 0.1) is 10.6 Å². The van der Waals surface area contributed by atoms with Crippen molar-refractivity contribution in [3.05, 3.63) is 88.2 Å². The van der Waals surface area contributed by atoms with Crippen molar-refractivity contribution in [3.63, 3.8) is 0 Å². The molecule has 3 aromatic rings. The van der Waals surface area contributed by atoms with Crippen LogP contribution in [-0.2, 0) is 10.0 Å². The lowest BCUT2D eigenvalue weighted by atomic mass is 10.0. The molecule has 1 heterocycles. The normalized spacial score (nSPS) is 11.1. The molecule has 6 nitrogen and oxygen atoms in total. The van der Waals surface area contributed by atoms with E-state index in [0.29, 0.717) is 21.8 Å². The molecule has 0 radical (unpaired) electrons. The minimum absolute atomic E-state index is 0.0339. The number of hydrogen-bond donors (Lipinski definition) is 1. The first kappa shape index (κ1) is 20.7. The van der Waals surface area contributed by atoms with Crippen LogP contribution in [0, 0.1) is 6.92 Å². The third-order valence-corrected chi connectivity index (χ3v) is 5.91. The summed E-state index contributed by atoms with van der Waals surface area (Å²) in [6.45, 7) is 3.09. The highest BCUT2D eigenvalue weighted by Gasteiger charge is 2.21. The molecule has 0 bridgehead atoms. The highest BCUT2D eigenvalue weighted by Crippen LogP contribution is 2.27. The lowest BCUT2D eigenvalue weighted by molar-refractivity contribution is 0.101. The molecule has 29 heavy (non-hydrogen) atoms. The summed E-state index contributed by atoms with van der Waals surface area (Å²) >= 11 is 6.05. The van der Waals surface area contributed by atoms with Gasteiger partial charge in [0.25, 0.3) is 10.0 Å². The monoisotopic (exact) mass is 428 g/mol. The minimum Gasteiger partial charge on any atom is -0.295 e. The summed E-state index contributed by atoms with van der Waals surface area (Å²) in [7, 11) is -3.99. The van der Waals surface area contributed by atoms with Crippen LogP contribution in [0.1, 0.15) is 38.9 Å². The second kappa shape index (κ2) is 8.14. The zero-order valence-corrected chi connectivity index (χ0v) is 17.2. The summed E-state index contributed by atoms with van der Waals surface area (Å²) in [6, 6.07) is 13.1. The van der Waals surface area contributed by atoms with Crippen molar-refractivity contribution in [2.45, 2.75) is 18.7 Å². The van der Waals surface area contributed by atoms with E-state index in [9.17, 15) is 18.0 Å². The van der Waals surface area contributed by atoms with Gasteiger partial charge in [-0.2, -0.15) is 0 Å². The number of Topliss-reactive ketones (excluding diaryl/α,β-unsaturated/α-hetero) is 1. The highest BCUT2D eigenvalue weighted by molar-refractivity contribution is 7.92. The predicted molar refractivity (Wildman–Crippen MR) is 111 cm³/mol. The molecule has 0 saturated carbocycles. The first-order valence-electron chi connectivity index (χ1n) is 8.59. The van der Waals surface area contributed by atoms with Crippen molar-refractivity contribution >= 4 is 38.9 Å². The van der Waals surface area contributed by atoms with Gasteiger partial charge in [-0.25, -0.2) is 8.42 Å². The molecule has 0 saturated heterocycles. The number of pyridine rings is 1. The maximum Gasteiger partial charge on any atom is 0.261 e. The maximum atomic E-state index is 13.0. The summed E-state index contributed by atoms with van der Waals surface area (Å²) in [5.41, 5.74) is 1.47. The van der Waals surface area contributed by atoms with Crippen molar-refractivity contribution in [2.75, 3.05) is 4.72 Å². The van der Waals surface area contributed by atoms with Gasteiger partial charge in [-0.1, -0.05) is 23.7 Å². The Labute approximate surface area is 173 Å². The molecular formula is C21H17ClN2O4S. The Kier molecular flexibility index (Phi) is 5.81. The molecule has 0 spiro atoms. The number of nitrogens with zero attached hydrogens (tertiary/aromatic N) is 1. The fraction of sp³-hybridized carbons (Fsp3) is 0.0952. The van der Waals surface area contributed by atoms with Gasteiger partial charge < -0.3 is 0 Å². The van der Waals surface area contributed by atoms with E-state index in [1.807, 2.05) is 0 Å². The Balaban J connectivity index is 2.00. The molecule has 8 heteroatoms. The first-order chi connectivity index (χ1) is 13.7. The molecule has 3 rings (SSSR count). The SMILES string of the molecule is CC(=O)c1ccc(S(=O)(=O)Nc2ccc(Cl)cc2C(=O)c2cccnc2C)cc1. The molecule has 0 fully saturated rings. The number of aromatic nitrogens is 1. The summed E-state index contributed by atoms with van der Waals surface area (Å²) in [6.07, 6.45) is 1.57. The minimum atomic E-state index is -3.99. The average molecular weight is 429 g/mol. The molecular weight excluding hydrogens is 412 g/mol. The molecule has 0 atom stereocenters. The lowest BCUT2D eigenvalue weighted by Gasteiger charge is -2.13. The Morgan fingerprint density at radius 1 is 1.00 bits per heavy atom. The van der Waals surface area contributed by atoms with E-state index in [2.05, 4.69) is 9.71 Å². The van der Waals surface area contributed by atoms with Crippen LogP contribution in [0.2, 0.25) is 5.02 Å². The summed E-state index contributed by atoms with van der Waals surface area (Å²) in [5.74, 6) is -0.568. The van der Waals surface area contributed by atoms with Gasteiger partial charge in [0.15, 0.2) is 11.6 Å². The Hall–Kier alpha value is -3.03. The van der Waals surface area contributed by atoms with Crippen molar-refractivity contribution in [1.29, 1.82) is 0 Å². The van der Waals surface area contributed by atoms with Gasteiger partial charge >= 0.3 is 0 Å². The van der Waals surface area contributed by atoms with Crippen LogP contribution in [0.5, 0.6) is 0 Å². The van der Waals surface area contributed by atoms with E-state index in [1.165, 1.54) is 49.4 Å². The molecule has 0 unspecified atom stereocenters. The molecule has 1 N–H and O–H groups in total. The quantitative estimate of drug-likeness (QED) is 0.591. The van der Waals surface area contributed by atoms with Gasteiger partial charge in [0.1, 0.15) is 0 Å². The first-order valence-corrected chi connectivity index (χ1v) is 10.4. The number of halogens is 1. The van der Waals surface area contributed by atoms with Crippen LogP contribution < -0.4 is 4.72 Å². The van der Waals surface area contributed by atoms with E-state index in [4.69, 9.17) is 11.6 Å². The number of carbonyl (C=O) groups is 2. The van der Waals surface area contributed by atoms with Crippen molar-refractivity contribution < 1.29 is 18.0 Å².